The molecule has 0 bridgehead atoms. The summed E-state index contributed by atoms with van der Waals surface area (Å²) in [5.74, 6) is 0.525. The molecule has 9 heteroatoms. The Morgan fingerprint density at radius 2 is 1.79 bits per heavy atom. The van der Waals surface area contributed by atoms with Crippen LogP contribution in [0, 0.1) is 11.8 Å². The van der Waals surface area contributed by atoms with Crippen LogP contribution in [0.25, 0.3) is 0 Å². The number of fused-ring (bicyclic) bond motifs is 1. The number of sulfonamides is 1. The minimum atomic E-state index is -3.34. The summed E-state index contributed by atoms with van der Waals surface area (Å²) in [6, 6.07) is 9.42. The highest BCUT2D eigenvalue weighted by Gasteiger charge is 2.51. The molecule has 4 rings (SSSR count). The predicted molar refractivity (Wildman–Crippen MR) is 105 cm³/mol. The molecule has 8 nitrogen and oxygen atoms in total. The smallest absolute Gasteiger partial charge is 0.257 e. The lowest BCUT2D eigenvalue weighted by Crippen LogP contribution is -2.37. The fourth-order valence-electron chi connectivity index (χ4n) is 4.33. The SMILES string of the molecule is CNc1ncc(C(=O)N2C[C@@H]3CN(S(C)(=O)=O)[C@@H](c4ccccc4)[C@@H]3C2)cn1. The summed E-state index contributed by atoms with van der Waals surface area (Å²) in [6.07, 6.45) is 4.30. The highest BCUT2D eigenvalue weighted by atomic mass is 32.2. The van der Waals surface area contributed by atoms with Crippen molar-refractivity contribution in [1.29, 1.82) is 0 Å². The van der Waals surface area contributed by atoms with Crippen molar-refractivity contribution in [1.82, 2.24) is 19.2 Å². The Morgan fingerprint density at radius 1 is 1.11 bits per heavy atom. The minimum absolute atomic E-state index is 0.0681. The Labute approximate surface area is 164 Å². The monoisotopic (exact) mass is 401 g/mol. The second kappa shape index (κ2) is 7.14. The first-order valence-electron chi connectivity index (χ1n) is 9.19. The summed E-state index contributed by atoms with van der Waals surface area (Å²) in [6.45, 7) is 1.48. The van der Waals surface area contributed by atoms with E-state index in [9.17, 15) is 13.2 Å². The van der Waals surface area contributed by atoms with Gasteiger partial charge in [0.15, 0.2) is 0 Å². The molecule has 2 fully saturated rings. The molecule has 3 heterocycles. The molecule has 0 saturated carbocycles. The molecule has 2 aliphatic heterocycles. The molecule has 3 atom stereocenters. The molecule has 2 saturated heterocycles. The van der Waals surface area contributed by atoms with Gasteiger partial charge in [-0.2, -0.15) is 4.31 Å². The molecule has 1 aromatic heterocycles. The fraction of sp³-hybridized carbons (Fsp3) is 0.421. The van der Waals surface area contributed by atoms with Crippen LogP contribution in [0.4, 0.5) is 5.95 Å². The maximum absolute atomic E-state index is 12.9. The first kappa shape index (κ1) is 18.8. The third-order valence-corrected chi connectivity index (χ3v) is 6.83. The second-order valence-corrected chi connectivity index (χ2v) is 9.30. The van der Waals surface area contributed by atoms with Crippen LogP contribution in [0.15, 0.2) is 42.7 Å². The van der Waals surface area contributed by atoms with Gasteiger partial charge in [0.1, 0.15) is 0 Å². The van der Waals surface area contributed by atoms with E-state index in [1.54, 1.807) is 16.3 Å². The van der Waals surface area contributed by atoms with E-state index in [1.807, 2.05) is 30.3 Å². The zero-order valence-electron chi connectivity index (χ0n) is 15.8. The van der Waals surface area contributed by atoms with Crippen molar-refractivity contribution in [3.8, 4) is 0 Å². The van der Waals surface area contributed by atoms with Gasteiger partial charge < -0.3 is 10.2 Å². The van der Waals surface area contributed by atoms with Crippen molar-refractivity contribution >= 4 is 21.9 Å². The van der Waals surface area contributed by atoms with E-state index in [1.165, 1.54) is 18.6 Å². The van der Waals surface area contributed by atoms with E-state index in [2.05, 4.69) is 15.3 Å². The predicted octanol–water partition coefficient (Wildman–Crippen LogP) is 1.22. The molecule has 28 heavy (non-hydrogen) atoms. The van der Waals surface area contributed by atoms with Crippen molar-refractivity contribution in [2.24, 2.45) is 11.8 Å². The van der Waals surface area contributed by atoms with Crippen molar-refractivity contribution in [3.05, 3.63) is 53.9 Å². The quantitative estimate of drug-likeness (QED) is 0.828. The van der Waals surface area contributed by atoms with Gasteiger partial charge in [-0.3, -0.25) is 4.79 Å². The number of rotatable bonds is 4. The first-order chi connectivity index (χ1) is 13.4. The highest BCUT2D eigenvalue weighted by molar-refractivity contribution is 7.88. The van der Waals surface area contributed by atoms with Crippen LogP contribution >= 0.6 is 0 Å². The summed E-state index contributed by atoms with van der Waals surface area (Å²) in [7, 11) is -1.62. The number of nitrogens with one attached hydrogen (secondary N) is 1. The largest absolute Gasteiger partial charge is 0.357 e. The lowest BCUT2D eigenvalue weighted by Gasteiger charge is -2.28. The lowest BCUT2D eigenvalue weighted by atomic mass is 9.90. The summed E-state index contributed by atoms with van der Waals surface area (Å²) in [5, 5.41) is 2.83. The van der Waals surface area contributed by atoms with Crippen LogP contribution in [-0.2, 0) is 10.0 Å². The number of nitrogens with zero attached hydrogens (tertiary/aromatic N) is 4. The number of anilines is 1. The number of carbonyl (C=O) groups is 1. The molecule has 1 amide bonds. The van der Waals surface area contributed by atoms with Crippen molar-refractivity contribution in [2.45, 2.75) is 6.04 Å². The molecule has 2 aromatic rings. The summed E-state index contributed by atoms with van der Waals surface area (Å²) in [4.78, 5) is 22.9. The summed E-state index contributed by atoms with van der Waals surface area (Å²) in [5.41, 5.74) is 1.41. The van der Waals surface area contributed by atoms with Crippen LogP contribution in [0.3, 0.4) is 0 Å². The van der Waals surface area contributed by atoms with Gasteiger partial charge in [0.25, 0.3) is 5.91 Å². The van der Waals surface area contributed by atoms with E-state index < -0.39 is 10.0 Å². The molecule has 2 aliphatic rings. The zero-order valence-corrected chi connectivity index (χ0v) is 16.6. The van der Waals surface area contributed by atoms with Crippen molar-refractivity contribution in [3.63, 3.8) is 0 Å². The van der Waals surface area contributed by atoms with Gasteiger partial charge in [-0.25, -0.2) is 18.4 Å². The minimum Gasteiger partial charge on any atom is -0.357 e. The molecule has 0 radical (unpaired) electrons. The van der Waals surface area contributed by atoms with Crippen LogP contribution < -0.4 is 5.32 Å². The van der Waals surface area contributed by atoms with Gasteiger partial charge in [-0.15, -0.1) is 0 Å². The number of hydrogen-bond donors (Lipinski definition) is 1. The Morgan fingerprint density at radius 3 is 2.39 bits per heavy atom. The third-order valence-electron chi connectivity index (χ3n) is 5.60. The van der Waals surface area contributed by atoms with Gasteiger partial charge in [0, 0.05) is 45.0 Å². The van der Waals surface area contributed by atoms with E-state index in [-0.39, 0.29) is 23.8 Å². The number of aromatic nitrogens is 2. The van der Waals surface area contributed by atoms with Gasteiger partial charge >= 0.3 is 0 Å². The number of likely N-dealkylation sites (tertiary alicyclic amines) is 1. The number of hydrogen-bond acceptors (Lipinski definition) is 6. The standard InChI is InChI=1S/C19H23N5O3S/c1-20-19-21-8-14(9-22-19)18(25)23-10-15-11-24(28(2,26)27)17(16(15)12-23)13-6-4-3-5-7-13/h3-9,15-17H,10-12H2,1-2H3,(H,20,21,22)/t15-,16-,17+/m1/s1. The number of carbonyl (C=O) groups excluding carboxylic acids is 1. The molecular weight excluding hydrogens is 378 g/mol. The molecule has 0 spiro atoms. The van der Waals surface area contributed by atoms with E-state index in [0.29, 0.717) is 31.1 Å². The molecule has 1 N–H and O–H groups in total. The maximum Gasteiger partial charge on any atom is 0.257 e. The van der Waals surface area contributed by atoms with E-state index >= 15 is 0 Å². The lowest BCUT2D eigenvalue weighted by molar-refractivity contribution is 0.0773. The van der Waals surface area contributed by atoms with Crippen LogP contribution in [-0.4, -0.2) is 66.4 Å². The Kier molecular flexibility index (Phi) is 4.80. The van der Waals surface area contributed by atoms with Crippen molar-refractivity contribution < 1.29 is 13.2 Å². The van der Waals surface area contributed by atoms with E-state index in [4.69, 9.17) is 0 Å². The second-order valence-electron chi connectivity index (χ2n) is 7.37. The summed E-state index contributed by atoms with van der Waals surface area (Å²) < 4.78 is 26.3. The highest BCUT2D eigenvalue weighted by Crippen LogP contribution is 2.46. The Balaban J connectivity index is 1.58. The zero-order chi connectivity index (χ0) is 19.9. The Bertz CT molecular complexity index is 965. The van der Waals surface area contributed by atoms with Crippen LogP contribution in [0.5, 0.6) is 0 Å². The Hall–Kier alpha value is -2.52. The maximum atomic E-state index is 12.9. The normalized spacial score (nSPS) is 24.9. The molecular formula is C19H23N5O3S. The molecule has 0 unspecified atom stereocenters. The van der Waals surface area contributed by atoms with Gasteiger partial charge in [-0.1, -0.05) is 30.3 Å². The van der Waals surface area contributed by atoms with Gasteiger partial charge in [-0.05, 0) is 11.5 Å². The number of benzene rings is 1. The molecule has 148 valence electrons. The molecule has 1 aromatic carbocycles. The van der Waals surface area contributed by atoms with Gasteiger partial charge in [0.2, 0.25) is 16.0 Å². The topological polar surface area (TPSA) is 95.5 Å². The first-order valence-corrected chi connectivity index (χ1v) is 11.0. The van der Waals surface area contributed by atoms with E-state index in [0.717, 1.165) is 5.56 Å². The third kappa shape index (κ3) is 3.35. The summed E-state index contributed by atoms with van der Waals surface area (Å²) >= 11 is 0. The average molecular weight is 401 g/mol. The van der Waals surface area contributed by atoms with Gasteiger partial charge in [0.05, 0.1) is 17.9 Å². The molecule has 0 aliphatic carbocycles. The number of amides is 1. The van der Waals surface area contributed by atoms with Crippen molar-refractivity contribution in [2.75, 3.05) is 38.3 Å². The fourth-order valence-corrected chi connectivity index (χ4v) is 5.48. The van der Waals surface area contributed by atoms with Crippen LogP contribution in [0.2, 0.25) is 0 Å². The van der Waals surface area contributed by atoms with Crippen LogP contribution in [0.1, 0.15) is 22.0 Å². The average Bonchev–Trinajstić information content (AvgIpc) is 3.26.